The van der Waals surface area contributed by atoms with Crippen molar-refractivity contribution >= 4 is 17.3 Å². The average Bonchev–Trinajstić information content (AvgIpc) is 3.35. The Hall–Kier alpha value is -1.94. The van der Waals surface area contributed by atoms with Crippen molar-refractivity contribution in [3.8, 4) is 0 Å². The molecule has 4 rings (SSSR count). The lowest BCUT2D eigenvalue weighted by atomic mass is 9.73. The Kier molecular flexibility index (Phi) is 7.74. The predicted molar refractivity (Wildman–Crippen MR) is 111 cm³/mol. The molecule has 5 nitrogen and oxygen atoms in total. The fraction of sp³-hybridized carbons (Fsp3) is 0.500. The largest absolute Gasteiger partial charge is 0.490 e. The lowest BCUT2D eigenvalue weighted by Gasteiger charge is -2.40. The molecule has 1 atom stereocenters. The molecule has 0 radical (unpaired) electrons. The molecular weight excluding hydrogens is 431 g/mol. The maximum Gasteiger partial charge on any atom is 0.490 e. The number of hydrogen-bond donors (Lipinski definition) is 2. The van der Waals surface area contributed by atoms with Crippen LogP contribution in [0.4, 0.5) is 13.2 Å². The molecule has 2 heterocycles. The van der Waals surface area contributed by atoms with Crippen molar-refractivity contribution in [1.82, 2.24) is 4.90 Å². The second kappa shape index (κ2) is 10.1. The number of aliphatic hydroxyl groups is 1. The first-order valence-electron chi connectivity index (χ1n) is 10.1. The van der Waals surface area contributed by atoms with Gasteiger partial charge in [0.25, 0.3) is 0 Å². The van der Waals surface area contributed by atoms with Crippen LogP contribution in [0.3, 0.4) is 0 Å². The van der Waals surface area contributed by atoms with E-state index in [2.05, 4.69) is 46.7 Å². The van der Waals surface area contributed by atoms with Gasteiger partial charge >= 0.3 is 12.1 Å². The fourth-order valence-electron chi connectivity index (χ4n) is 4.41. The summed E-state index contributed by atoms with van der Waals surface area (Å²) in [6, 6.07) is 13.2. The highest BCUT2D eigenvalue weighted by molar-refractivity contribution is 7.09. The van der Waals surface area contributed by atoms with Gasteiger partial charge in [0.1, 0.15) is 0 Å². The SMILES string of the molecule is O=C(O)C(F)(F)F.OCCOC1CC2(CCN(Cc3cccs3)CC2)c2ccccc21. The van der Waals surface area contributed by atoms with E-state index in [1.165, 1.54) is 28.8 Å². The highest BCUT2D eigenvalue weighted by Crippen LogP contribution is 2.52. The summed E-state index contributed by atoms with van der Waals surface area (Å²) in [5, 5.41) is 18.4. The fourth-order valence-corrected chi connectivity index (χ4v) is 5.16. The number of thiophene rings is 1. The molecule has 1 saturated heterocycles. The highest BCUT2D eigenvalue weighted by atomic mass is 32.1. The number of likely N-dealkylation sites (tertiary alicyclic amines) is 1. The number of aliphatic carboxylic acids is 1. The maximum atomic E-state index is 10.6. The molecule has 1 aromatic heterocycles. The van der Waals surface area contributed by atoms with E-state index in [4.69, 9.17) is 19.7 Å². The minimum absolute atomic E-state index is 0.0975. The number of rotatable bonds is 5. The quantitative estimate of drug-likeness (QED) is 0.698. The molecule has 9 heteroatoms. The summed E-state index contributed by atoms with van der Waals surface area (Å²) in [6.45, 7) is 3.91. The van der Waals surface area contributed by atoms with Crippen LogP contribution in [0.25, 0.3) is 0 Å². The van der Waals surface area contributed by atoms with Gasteiger partial charge in [0, 0.05) is 16.8 Å². The van der Waals surface area contributed by atoms with Crippen molar-refractivity contribution in [1.29, 1.82) is 0 Å². The Morgan fingerprint density at radius 2 is 1.87 bits per heavy atom. The molecule has 0 bridgehead atoms. The first-order chi connectivity index (χ1) is 14.7. The van der Waals surface area contributed by atoms with Gasteiger partial charge in [0.15, 0.2) is 0 Å². The van der Waals surface area contributed by atoms with E-state index < -0.39 is 12.1 Å². The summed E-state index contributed by atoms with van der Waals surface area (Å²) in [5.74, 6) is -2.76. The van der Waals surface area contributed by atoms with Crippen molar-refractivity contribution < 1.29 is 32.9 Å². The summed E-state index contributed by atoms with van der Waals surface area (Å²) in [6.07, 6.45) is -1.46. The van der Waals surface area contributed by atoms with Gasteiger partial charge in [0.2, 0.25) is 0 Å². The highest BCUT2D eigenvalue weighted by Gasteiger charge is 2.45. The van der Waals surface area contributed by atoms with E-state index in [0.29, 0.717) is 6.61 Å². The topological polar surface area (TPSA) is 70.0 Å². The summed E-state index contributed by atoms with van der Waals surface area (Å²) >= 11 is 1.85. The molecule has 170 valence electrons. The normalized spacial score (nSPS) is 20.2. The Bertz CT molecular complexity index is 849. The van der Waals surface area contributed by atoms with Gasteiger partial charge in [-0.3, -0.25) is 4.90 Å². The Morgan fingerprint density at radius 3 is 2.45 bits per heavy atom. The van der Waals surface area contributed by atoms with Crippen LogP contribution in [0.15, 0.2) is 41.8 Å². The Labute approximate surface area is 183 Å². The molecule has 1 unspecified atom stereocenters. The number of fused-ring (bicyclic) bond motifs is 2. The second-order valence-corrected chi connectivity index (χ2v) is 8.85. The molecule has 2 aromatic rings. The van der Waals surface area contributed by atoms with Crippen LogP contribution < -0.4 is 0 Å². The van der Waals surface area contributed by atoms with E-state index in [1.807, 2.05) is 11.3 Å². The zero-order chi connectivity index (χ0) is 22.5. The first kappa shape index (κ1) is 23.7. The number of carboxylic acid groups (broad SMARTS) is 1. The number of aliphatic hydroxyl groups excluding tert-OH is 1. The maximum absolute atomic E-state index is 10.6. The van der Waals surface area contributed by atoms with Crippen molar-refractivity contribution in [3.63, 3.8) is 0 Å². The summed E-state index contributed by atoms with van der Waals surface area (Å²) in [4.78, 5) is 12.9. The lowest BCUT2D eigenvalue weighted by Crippen LogP contribution is -2.41. The molecule has 2 N–H and O–H groups in total. The van der Waals surface area contributed by atoms with Crippen LogP contribution in [0.5, 0.6) is 0 Å². The molecule has 1 fully saturated rings. The minimum atomic E-state index is -5.08. The monoisotopic (exact) mass is 457 g/mol. The molecule has 0 saturated carbocycles. The number of hydrogen-bond acceptors (Lipinski definition) is 5. The van der Waals surface area contributed by atoms with Crippen LogP contribution in [0.1, 0.15) is 41.4 Å². The number of halogens is 3. The molecule has 1 aromatic carbocycles. The lowest BCUT2D eigenvalue weighted by molar-refractivity contribution is -0.192. The summed E-state index contributed by atoms with van der Waals surface area (Å²) < 4.78 is 37.7. The van der Waals surface area contributed by atoms with Gasteiger partial charge in [0.05, 0.1) is 19.3 Å². The molecule has 1 spiro atoms. The third-order valence-corrected chi connectivity index (χ3v) is 6.74. The van der Waals surface area contributed by atoms with Crippen LogP contribution in [-0.2, 0) is 21.5 Å². The van der Waals surface area contributed by atoms with Gasteiger partial charge < -0.3 is 14.9 Å². The third-order valence-electron chi connectivity index (χ3n) is 5.88. The molecule has 2 aliphatic rings. The van der Waals surface area contributed by atoms with Crippen LogP contribution in [0.2, 0.25) is 0 Å². The van der Waals surface area contributed by atoms with Gasteiger partial charge in [-0.1, -0.05) is 30.3 Å². The first-order valence-corrected chi connectivity index (χ1v) is 11.0. The Morgan fingerprint density at radius 1 is 1.19 bits per heavy atom. The van der Waals surface area contributed by atoms with Crippen LogP contribution in [0, 0.1) is 0 Å². The molecule has 1 aliphatic carbocycles. The van der Waals surface area contributed by atoms with E-state index in [1.54, 1.807) is 0 Å². The minimum Gasteiger partial charge on any atom is -0.475 e. The Balaban J connectivity index is 0.000000339. The average molecular weight is 458 g/mol. The van der Waals surface area contributed by atoms with Gasteiger partial charge in [-0.15, -0.1) is 11.3 Å². The number of alkyl halides is 3. The number of nitrogens with zero attached hydrogens (tertiary/aromatic N) is 1. The number of ether oxygens (including phenoxy) is 1. The summed E-state index contributed by atoms with van der Waals surface area (Å²) in [7, 11) is 0. The standard InChI is InChI=1S/C20H25NO2S.C2HF3O2/c22-11-12-23-19-14-20(18-6-2-1-5-17(18)19)7-9-21(10-8-20)15-16-4-3-13-24-16;3-2(4,5)1(6)7/h1-6,13,19,22H,7-12,14-15H2;(H,6,7). The predicted octanol–water partition coefficient (Wildman–Crippen LogP) is 4.37. The van der Waals surface area contributed by atoms with E-state index in [0.717, 1.165) is 26.1 Å². The molecular formula is C22H26F3NO4S. The van der Waals surface area contributed by atoms with Crippen molar-refractivity contribution in [2.75, 3.05) is 26.3 Å². The van der Waals surface area contributed by atoms with Gasteiger partial charge in [-0.2, -0.15) is 13.2 Å². The molecule has 1 aliphatic heterocycles. The van der Waals surface area contributed by atoms with Gasteiger partial charge in [-0.25, -0.2) is 4.79 Å². The third kappa shape index (κ3) is 5.85. The zero-order valence-electron chi connectivity index (χ0n) is 17.0. The van der Waals surface area contributed by atoms with Crippen LogP contribution >= 0.6 is 11.3 Å². The number of piperidine rings is 1. The summed E-state index contributed by atoms with van der Waals surface area (Å²) in [5.41, 5.74) is 3.10. The number of carbonyl (C=O) groups is 1. The van der Waals surface area contributed by atoms with E-state index >= 15 is 0 Å². The van der Waals surface area contributed by atoms with E-state index in [9.17, 15) is 13.2 Å². The smallest absolute Gasteiger partial charge is 0.475 e. The number of carboxylic acids is 1. The molecule has 0 amide bonds. The van der Waals surface area contributed by atoms with Crippen molar-refractivity contribution in [3.05, 3.63) is 57.8 Å². The van der Waals surface area contributed by atoms with Crippen molar-refractivity contribution in [2.45, 2.75) is 43.5 Å². The molecule has 31 heavy (non-hydrogen) atoms. The second-order valence-electron chi connectivity index (χ2n) is 7.81. The van der Waals surface area contributed by atoms with Crippen molar-refractivity contribution in [2.24, 2.45) is 0 Å². The van der Waals surface area contributed by atoms with Crippen LogP contribution in [-0.4, -0.2) is 53.6 Å². The number of benzene rings is 1. The van der Waals surface area contributed by atoms with Gasteiger partial charge in [-0.05, 0) is 54.9 Å². The zero-order valence-corrected chi connectivity index (χ0v) is 17.8. The van der Waals surface area contributed by atoms with E-state index in [-0.39, 0.29) is 18.1 Å².